The summed E-state index contributed by atoms with van der Waals surface area (Å²) >= 11 is 0. The van der Waals surface area contributed by atoms with Crippen molar-refractivity contribution in [3.63, 3.8) is 0 Å². The van der Waals surface area contributed by atoms with Crippen molar-refractivity contribution in [2.45, 2.75) is 6.18 Å². The predicted octanol–water partition coefficient (Wildman–Crippen LogP) is 4.99. The lowest BCUT2D eigenvalue weighted by atomic mass is 10.1. The summed E-state index contributed by atoms with van der Waals surface area (Å²) in [5.74, 6) is -0.421. The molecule has 1 aromatic heterocycles. The zero-order valence-corrected chi connectivity index (χ0v) is 10.1. The maximum atomic E-state index is 13.7. The van der Waals surface area contributed by atoms with E-state index in [0.717, 1.165) is 12.1 Å². The Kier molecular flexibility index (Phi) is 2.78. The Morgan fingerprint density at radius 1 is 0.900 bits per heavy atom. The standard InChI is InChI=1S/C15H9F4N/c16-12-4-2-1-3-11(12)14-7-9-5-6-10(15(17,18)19)8-13(9)20-14/h1-8,20H. The molecular weight excluding hydrogens is 270 g/mol. The molecule has 0 bridgehead atoms. The molecule has 102 valence electrons. The number of aromatic nitrogens is 1. The number of hydrogen-bond acceptors (Lipinski definition) is 0. The minimum atomic E-state index is -4.39. The molecule has 2 aromatic carbocycles. The van der Waals surface area contributed by atoms with Gasteiger partial charge < -0.3 is 4.98 Å². The van der Waals surface area contributed by atoms with Gasteiger partial charge in [0.1, 0.15) is 5.82 Å². The van der Waals surface area contributed by atoms with E-state index < -0.39 is 17.6 Å². The number of hydrogen-bond donors (Lipinski definition) is 1. The van der Waals surface area contributed by atoms with Crippen molar-refractivity contribution < 1.29 is 17.6 Å². The quantitative estimate of drug-likeness (QED) is 0.604. The van der Waals surface area contributed by atoms with Gasteiger partial charge in [-0.15, -0.1) is 0 Å². The zero-order chi connectivity index (χ0) is 14.3. The summed E-state index contributed by atoms with van der Waals surface area (Å²) in [5, 5.41) is 0.608. The molecule has 1 heterocycles. The average molecular weight is 279 g/mol. The fraction of sp³-hybridized carbons (Fsp3) is 0.0667. The summed E-state index contributed by atoms with van der Waals surface area (Å²) in [6.07, 6.45) is -4.39. The van der Waals surface area contributed by atoms with Gasteiger partial charge in [-0.25, -0.2) is 4.39 Å². The molecule has 0 saturated carbocycles. The van der Waals surface area contributed by atoms with Crippen LogP contribution in [0.3, 0.4) is 0 Å². The summed E-state index contributed by atoms with van der Waals surface area (Å²) in [7, 11) is 0. The van der Waals surface area contributed by atoms with E-state index in [-0.39, 0.29) is 0 Å². The Bertz CT molecular complexity index is 771. The van der Waals surface area contributed by atoms with Gasteiger partial charge in [0, 0.05) is 22.2 Å². The molecule has 0 unspecified atom stereocenters. The average Bonchev–Trinajstić information content (AvgIpc) is 2.80. The van der Waals surface area contributed by atoms with Crippen LogP contribution < -0.4 is 0 Å². The Balaban J connectivity index is 2.14. The van der Waals surface area contributed by atoms with E-state index in [9.17, 15) is 17.6 Å². The van der Waals surface area contributed by atoms with Gasteiger partial charge in [0.2, 0.25) is 0 Å². The molecule has 5 heteroatoms. The van der Waals surface area contributed by atoms with Gasteiger partial charge in [-0.2, -0.15) is 13.2 Å². The molecule has 0 saturated heterocycles. The number of rotatable bonds is 1. The molecule has 3 rings (SSSR count). The lowest BCUT2D eigenvalue weighted by molar-refractivity contribution is -0.137. The third-order valence-electron chi connectivity index (χ3n) is 3.11. The molecule has 0 atom stereocenters. The summed E-state index contributed by atoms with van der Waals surface area (Å²) in [6, 6.07) is 11.2. The second-order valence-corrected chi connectivity index (χ2v) is 4.46. The van der Waals surface area contributed by atoms with Crippen molar-refractivity contribution in [2.24, 2.45) is 0 Å². The Morgan fingerprint density at radius 2 is 1.65 bits per heavy atom. The van der Waals surface area contributed by atoms with Crippen LogP contribution in [-0.2, 0) is 6.18 Å². The third-order valence-corrected chi connectivity index (χ3v) is 3.11. The smallest absolute Gasteiger partial charge is 0.354 e. The SMILES string of the molecule is Fc1ccccc1-c1cc2ccc(C(F)(F)F)cc2[nH]1. The van der Waals surface area contributed by atoms with Crippen LogP contribution in [0.1, 0.15) is 5.56 Å². The highest BCUT2D eigenvalue weighted by Crippen LogP contribution is 2.33. The van der Waals surface area contributed by atoms with E-state index in [1.54, 1.807) is 24.3 Å². The molecule has 20 heavy (non-hydrogen) atoms. The van der Waals surface area contributed by atoms with Crippen LogP contribution in [0.15, 0.2) is 48.5 Å². The van der Waals surface area contributed by atoms with Crippen LogP contribution in [0.5, 0.6) is 0 Å². The fourth-order valence-corrected chi connectivity index (χ4v) is 2.13. The first-order valence-electron chi connectivity index (χ1n) is 5.90. The minimum Gasteiger partial charge on any atom is -0.354 e. The van der Waals surface area contributed by atoms with E-state index in [4.69, 9.17) is 0 Å². The second-order valence-electron chi connectivity index (χ2n) is 4.46. The number of fused-ring (bicyclic) bond motifs is 1. The maximum absolute atomic E-state index is 13.7. The zero-order valence-electron chi connectivity index (χ0n) is 10.1. The number of halogens is 4. The molecule has 3 aromatic rings. The van der Waals surface area contributed by atoms with Crippen molar-refractivity contribution in [2.75, 3.05) is 0 Å². The normalized spacial score (nSPS) is 12.0. The number of benzene rings is 2. The second kappa shape index (κ2) is 4.37. The summed E-state index contributed by atoms with van der Waals surface area (Å²) in [4.78, 5) is 2.83. The van der Waals surface area contributed by atoms with Crippen LogP contribution in [0.2, 0.25) is 0 Å². The summed E-state index contributed by atoms with van der Waals surface area (Å²) in [5.41, 5.74) is 0.389. The van der Waals surface area contributed by atoms with Gasteiger partial charge in [-0.05, 0) is 30.3 Å². The van der Waals surface area contributed by atoms with Crippen molar-refractivity contribution >= 4 is 10.9 Å². The molecule has 0 fully saturated rings. The van der Waals surface area contributed by atoms with Gasteiger partial charge >= 0.3 is 6.18 Å². The van der Waals surface area contributed by atoms with Crippen LogP contribution in [0.25, 0.3) is 22.2 Å². The van der Waals surface area contributed by atoms with E-state index in [2.05, 4.69) is 4.98 Å². The lowest BCUT2D eigenvalue weighted by Gasteiger charge is -2.05. The molecule has 0 amide bonds. The van der Waals surface area contributed by atoms with E-state index >= 15 is 0 Å². The van der Waals surface area contributed by atoms with E-state index in [1.807, 2.05) is 0 Å². The Morgan fingerprint density at radius 3 is 2.35 bits per heavy atom. The molecular formula is C15H9F4N. The Labute approximate surface area is 111 Å². The molecule has 0 aliphatic heterocycles. The molecule has 1 N–H and O–H groups in total. The highest BCUT2D eigenvalue weighted by atomic mass is 19.4. The van der Waals surface area contributed by atoms with Crippen LogP contribution >= 0.6 is 0 Å². The first-order chi connectivity index (χ1) is 9.45. The molecule has 0 aliphatic rings. The first kappa shape index (κ1) is 12.7. The fourth-order valence-electron chi connectivity index (χ4n) is 2.13. The van der Waals surface area contributed by atoms with Crippen LogP contribution in [0, 0.1) is 5.82 Å². The summed E-state index contributed by atoms with van der Waals surface area (Å²) in [6.45, 7) is 0. The Hall–Kier alpha value is -2.30. The molecule has 0 spiro atoms. The van der Waals surface area contributed by atoms with Crippen molar-refractivity contribution in [3.05, 3.63) is 59.9 Å². The number of aromatic amines is 1. The van der Waals surface area contributed by atoms with Crippen LogP contribution in [0.4, 0.5) is 17.6 Å². The topological polar surface area (TPSA) is 15.8 Å². The summed E-state index contributed by atoms with van der Waals surface area (Å²) < 4.78 is 51.6. The highest BCUT2D eigenvalue weighted by molar-refractivity contribution is 5.86. The highest BCUT2D eigenvalue weighted by Gasteiger charge is 2.30. The molecule has 0 aliphatic carbocycles. The predicted molar refractivity (Wildman–Crippen MR) is 68.7 cm³/mol. The van der Waals surface area contributed by atoms with Crippen molar-refractivity contribution in [3.8, 4) is 11.3 Å². The largest absolute Gasteiger partial charge is 0.416 e. The lowest BCUT2D eigenvalue weighted by Crippen LogP contribution is -2.03. The number of H-pyrrole nitrogens is 1. The number of alkyl halides is 3. The van der Waals surface area contributed by atoms with Gasteiger partial charge in [0.05, 0.1) is 5.56 Å². The molecule has 1 nitrogen and oxygen atoms in total. The number of nitrogens with one attached hydrogen (secondary N) is 1. The van der Waals surface area contributed by atoms with Gasteiger partial charge in [-0.3, -0.25) is 0 Å². The third kappa shape index (κ3) is 2.15. The first-order valence-corrected chi connectivity index (χ1v) is 5.90. The van der Waals surface area contributed by atoms with Crippen molar-refractivity contribution in [1.29, 1.82) is 0 Å². The maximum Gasteiger partial charge on any atom is 0.416 e. The van der Waals surface area contributed by atoms with Gasteiger partial charge in [0.25, 0.3) is 0 Å². The van der Waals surface area contributed by atoms with E-state index in [1.165, 1.54) is 12.1 Å². The van der Waals surface area contributed by atoms with Gasteiger partial charge in [-0.1, -0.05) is 18.2 Å². The van der Waals surface area contributed by atoms with Gasteiger partial charge in [0.15, 0.2) is 0 Å². The minimum absolute atomic E-state index is 0.331. The monoisotopic (exact) mass is 279 g/mol. The van der Waals surface area contributed by atoms with Crippen molar-refractivity contribution in [1.82, 2.24) is 4.98 Å². The van der Waals surface area contributed by atoms with E-state index in [0.29, 0.717) is 22.2 Å². The van der Waals surface area contributed by atoms with Crippen LogP contribution in [-0.4, -0.2) is 4.98 Å². The molecule has 0 radical (unpaired) electrons.